The molecule has 0 aliphatic heterocycles. The third-order valence-corrected chi connectivity index (χ3v) is 3.04. The van der Waals surface area contributed by atoms with Crippen LogP contribution in [0, 0.1) is 25.7 Å². The van der Waals surface area contributed by atoms with Crippen LogP contribution in [0.1, 0.15) is 31.4 Å². The number of ether oxygens (including phenoxy) is 1. The van der Waals surface area contributed by atoms with Crippen LogP contribution in [0.5, 0.6) is 5.75 Å². The van der Waals surface area contributed by atoms with E-state index in [-0.39, 0.29) is 12.3 Å². The van der Waals surface area contributed by atoms with Gasteiger partial charge in [-0.3, -0.25) is 4.79 Å². The Hall–Kier alpha value is -1.51. The highest BCUT2D eigenvalue weighted by atomic mass is 16.5. The fraction of sp³-hybridized carbons (Fsp3) is 0.533. The lowest BCUT2D eigenvalue weighted by atomic mass is 9.93. The smallest absolute Gasteiger partial charge is 0.303 e. The molecule has 0 radical (unpaired) electrons. The number of carboxylic acids is 1. The van der Waals surface area contributed by atoms with E-state index in [1.54, 1.807) is 0 Å². The predicted octanol–water partition coefficient (Wildman–Crippen LogP) is 3.43. The van der Waals surface area contributed by atoms with Gasteiger partial charge in [-0.15, -0.1) is 0 Å². The maximum atomic E-state index is 10.8. The van der Waals surface area contributed by atoms with Crippen LogP contribution in [-0.2, 0) is 4.79 Å². The van der Waals surface area contributed by atoms with Crippen molar-refractivity contribution in [2.75, 3.05) is 6.61 Å². The molecule has 1 unspecified atom stereocenters. The molecule has 1 aromatic carbocycles. The van der Waals surface area contributed by atoms with Crippen LogP contribution in [0.2, 0.25) is 0 Å². The maximum absolute atomic E-state index is 10.8. The number of hydrogen-bond donors (Lipinski definition) is 1. The topological polar surface area (TPSA) is 46.5 Å². The summed E-state index contributed by atoms with van der Waals surface area (Å²) < 4.78 is 5.73. The Labute approximate surface area is 109 Å². The highest BCUT2D eigenvalue weighted by molar-refractivity contribution is 5.67. The van der Waals surface area contributed by atoms with E-state index in [9.17, 15) is 4.79 Å². The van der Waals surface area contributed by atoms with Crippen molar-refractivity contribution in [3.8, 4) is 5.75 Å². The summed E-state index contributed by atoms with van der Waals surface area (Å²) in [6.07, 6.45) is 0.155. The van der Waals surface area contributed by atoms with Crippen molar-refractivity contribution in [3.63, 3.8) is 0 Å². The van der Waals surface area contributed by atoms with Gasteiger partial charge >= 0.3 is 5.97 Å². The van der Waals surface area contributed by atoms with E-state index in [1.165, 1.54) is 0 Å². The van der Waals surface area contributed by atoms with Gasteiger partial charge in [0.05, 0.1) is 13.0 Å². The van der Waals surface area contributed by atoms with E-state index in [2.05, 4.69) is 6.07 Å². The van der Waals surface area contributed by atoms with Crippen molar-refractivity contribution >= 4 is 5.97 Å². The lowest BCUT2D eigenvalue weighted by Gasteiger charge is -2.19. The van der Waals surface area contributed by atoms with Gasteiger partial charge in [0.2, 0.25) is 0 Å². The first-order chi connectivity index (χ1) is 8.38. The SMILES string of the molecule is Cc1cc(C)cc(OCC(CC(=O)O)C(C)C)c1. The molecule has 0 saturated carbocycles. The number of aryl methyl sites for hydroxylation is 2. The molecule has 100 valence electrons. The van der Waals surface area contributed by atoms with E-state index in [0.29, 0.717) is 12.5 Å². The number of carboxylic acid groups (broad SMARTS) is 1. The summed E-state index contributed by atoms with van der Waals surface area (Å²) in [6, 6.07) is 6.04. The van der Waals surface area contributed by atoms with E-state index in [1.807, 2.05) is 39.8 Å². The van der Waals surface area contributed by atoms with Crippen molar-refractivity contribution in [1.29, 1.82) is 0 Å². The third kappa shape index (κ3) is 4.78. The molecule has 0 aliphatic carbocycles. The first-order valence-electron chi connectivity index (χ1n) is 6.31. The second kappa shape index (κ2) is 6.43. The van der Waals surface area contributed by atoms with Gasteiger partial charge in [-0.25, -0.2) is 0 Å². The average molecular weight is 250 g/mol. The Morgan fingerprint density at radius 1 is 1.22 bits per heavy atom. The van der Waals surface area contributed by atoms with Gasteiger partial charge in [0, 0.05) is 5.92 Å². The van der Waals surface area contributed by atoms with Crippen molar-refractivity contribution < 1.29 is 14.6 Å². The van der Waals surface area contributed by atoms with Gasteiger partial charge in [-0.2, -0.15) is 0 Å². The standard InChI is InChI=1S/C15H22O3/c1-10(2)13(8-15(16)17)9-18-14-6-11(3)5-12(4)7-14/h5-7,10,13H,8-9H2,1-4H3,(H,16,17). The Kier molecular flexibility index (Phi) is 5.20. The second-order valence-corrected chi connectivity index (χ2v) is 5.24. The highest BCUT2D eigenvalue weighted by Crippen LogP contribution is 2.20. The summed E-state index contributed by atoms with van der Waals surface area (Å²) in [5, 5.41) is 8.86. The molecule has 1 rings (SSSR count). The summed E-state index contributed by atoms with van der Waals surface area (Å²) in [5.41, 5.74) is 2.31. The van der Waals surface area contributed by atoms with Gasteiger partial charge < -0.3 is 9.84 Å². The summed E-state index contributed by atoms with van der Waals surface area (Å²) in [6.45, 7) is 8.55. The molecule has 0 amide bonds. The van der Waals surface area contributed by atoms with Crippen molar-refractivity contribution in [3.05, 3.63) is 29.3 Å². The zero-order valence-corrected chi connectivity index (χ0v) is 11.6. The van der Waals surface area contributed by atoms with Crippen molar-refractivity contribution in [2.24, 2.45) is 11.8 Å². The first-order valence-corrected chi connectivity index (χ1v) is 6.31. The molecule has 0 saturated heterocycles. The Balaban J connectivity index is 2.63. The van der Waals surface area contributed by atoms with Gasteiger partial charge in [-0.05, 0) is 43.0 Å². The fourth-order valence-corrected chi connectivity index (χ4v) is 1.93. The number of benzene rings is 1. The molecule has 3 heteroatoms. The van der Waals surface area contributed by atoms with Crippen LogP contribution in [0.15, 0.2) is 18.2 Å². The van der Waals surface area contributed by atoms with Gasteiger partial charge in [0.15, 0.2) is 0 Å². The van der Waals surface area contributed by atoms with Crippen LogP contribution >= 0.6 is 0 Å². The monoisotopic (exact) mass is 250 g/mol. The second-order valence-electron chi connectivity index (χ2n) is 5.24. The molecular weight excluding hydrogens is 228 g/mol. The molecule has 0 heterocycles. The minimum absolute atomic E-state index is 0.0447. The predicted molar refractivity (Wildman–Crippen MR) is 72.0 cm³/mol. The molecule has 0 spiro atoms. The van der Waals surface area contributed by atoms with Gasteiger partial charge in [-0.1, -0.05) is 19.9 Å². The minimum atomic E-state index is -0.766. The Bertz CT molecular complexity index is 390. The van der Waals surface area contributed by atoms with E-state index < -0.39 is 5.97 Å². The molecule has 0 fully saturated rings. The van der Waals surface area contributed by atoms with Gasteiger partial charge in [0.25, 0.3) is 0 Å². The summed E-state index contributed by atoms with van der Waals surface area (Å²) in [5.74, 6) is 0.400. The molecule has 0 aliphatic rings. The Morgan fingerprint density at radius 2 is 1.78 bits per heavy atom. The Morgan fingerprint density at radius 3 is 2.22 bits per heavy atom. The zero-order valence-electron chi connectivity index (χ0n) is 11.6. The van der Waals surface area contributed by atoms with E-state index in [0.717, 1.165) is 16.9 Å². The normalized spacial score (nSPS) is 12.5. The molecule has 1 atom stereocenters. The van der Waals surface area contributed by atoms with Crippen LogP contribution in [0.3, 0.4) is 0 Å². The molecule has 0 bridgehead atoms. The summed E-state index contributed by atoms with van der Waals surface area (Å²) in [4.78, 5) is 10.8. The zero-order chi connectivity index (χ0) is 13.7. The fourth-order valence-electron chi connectivity index (χ4n) is 1.93. The van der Waals surface area contributed by atoms with Crippen molar-refractivity contribution in [2.45, 2.75) is 34.1 Å². The first kappa shape index (κ1) is 14.6. The molecule has 18 heavy (non-hydrogen) atoms. The van der Waals surface area contributed by atoms with E-state index >= 15 is 0 Å². The van der Waals surface area contributed by atoms with Crippen LogP contribution < -0.4 is 4.74 Å². The molecule has 1 N–H and O–H groups in total. The minimum Gasteiger partial charge on any atom is -0.493 e. The average Bonchev–Trinajstić information content (AvgIpc) is 2.21. The van der Waals surface area contributed by atoms with Crippen LogP contribution in [0.25, 0.3) is 0 Å². The summed E-state index contributed by atoms with van der Waals surface area (Å²) >= 11 is 0. The molecule has 1 aromatic rings. The highest BCUT2D eigenvalue weighted by Gasteiger charge is 2.18. The number of carbonyl (C=O) groups is 1. The largest absolute Gasteiger partial charge is 0.493 e. The third-order valence-electron chi connectivity index (χ3n) is 3.04. The molecule has 0 aromatic heterocycles. The van der Waals surface area contributed by atoms with E-state index in [4.69, 9.17) is 9.84 Å². The van der Waals surface area contributed by atoms with Crippen LogP contribution in [0.4, 0.5) is 0 Å². The van der Waals surface area contributed by atoms with Crippen LogP contribution in [-0.4, -0.2) is 17.7 Å². The number of rotatable bonds is 6. The lowest BCUT2D eigenvalue weighted by molar-refractivity contribution is -0.138. The summed E-state index contributed by atoms with van der Waals surface area (Å²) in [7, 11) is 0. The quantitative estimate of drug-likeness (QED) is 0.841. The van der Waals surface area contributed by atoms with Crippen molar-refractivity contribution in [1.82, 2.24) is 0 Å². The number of hydrogen-bond acceptors (Lipinski definition) is 2. The molecule has 3 nitrogen and oxygen atoms in total. The number of aliphatic carboxylic acids is 1. The van der Waals surface area contributed by atoms with Gasteiger partial charge in [0.1, 0.15) is 5.75 Å². The lowest BCUT2D eigenvalue weighted by Crippen LogP contribution is -2.21. The molecular formula is C15H22O3. The maximum Gasteiger partial charge on any atom is 0.303 e.